The molecule has 5 nitrogen and oxygen atoms in total. The van der Waals surface area contributed by atoms with Crippen molar-refractivity contribution in [3.8, 4) is 5.75 Å². The number of aliphatic hydroxyl groups excluding tert-OH is 1. The molecule has 1 aromatic rings. The Hall–Kier alpha value is -1.59. The minimum absolute atomic E-state index is 0.00569. The van der Waals surface area contributed by atoms with Crippen molar-refractivity contribution < 1.29 is 14.6 Å². The molecule has 1 fully saturated rings. The van der Waals surface area contributed by atoms with Gasteiger partial charge in [0, 0.05) is 18.7 Å². The number of hydrogen-bond acceptors (Lipinski definition) is 4. The maximum Gasteiger partial charge on any atom is 0.224 e. The normalized spacial score (nSPS) is 20.2. The third-order valence-electron chi connectivity index (χ3n) is 3.64. The van der Waals surface area contributed by atoms with Gasteiger partial charge in [-0.2, -0.15) is 0 Å². The second kappa shape index (κ2) is 7.26. The number of aliphatic hydroxyl groups is 1. The van der Waals surface area contributed by atoms with E-state index in [1.807, 2.05) is 12.1 Å². The first-order valence-corrected chi connectivity index (χ1v) is 7.01. The van der Waals surface area contributed by atoms with Crippen LogP contribution < -0.4 is 15.4 Å². The molecule has 0 aromatic heterocycles. The van der Waals surface area contributed by atoms with E-state index in [1.165, 1.54) is 0 Å². The minimum Gasteiger partial charge on any atom is -0.496 e. The molecule has 0 radical (unpaired) electrons. The van der Waals surface area contributed by atoms with E-state index in [0.29, 0.717) is 11.3 Å². The standard InChI is InChI=1S/C15H22N2O3/c1-20-14-7-3-2-6-12(14)13(18)10-17-15(19)11-5-4-8-16-9-11/h2-3,6-7,11,13,16,18H,4-5,8-10H2,1H3,(H,17,19)/t11-,13+/m1/s1. The van der Waals surface area contributed by atoms with Gasteiger partial charge in [0.1, 0.15) is 5.75 Å². The van der Waals surface area contributed by atoms with Gasteiger partial charge in [-0.05, 0) is 25.5 Å². The molecule has 0 spiro atoms. The summed E-state index contributed by atoms with van der Waals surface area (Å²) in [5, 5.41) is 16.2. The van der Waals surface area contributed by atoms with Gasteiger partial charge in [-0.1, -0.05) is 18.2 Å². The molecular formula is C15H22N2O3. The number of hydrogen-bond donors (Lipinski definition) is 3. The highest BCUT2D eigenvalue weighted by Gasteiger charge is 2.22. The highest BCUT2D eigenvalue weighted by Crippen LogP contribution is 2.24. The van der Waals surface area contributed by atoms with Crippen LogP contribution in [-0.4, -0.2) is 37.8 Å². The van der Waals surface area contributed by atoms with Gasteiger partial charge >= 0.3 is 0 Å². The minimum atomic E-state index is -0.758. The topological polar surface area (TPSA) is 70.6 Å². The van der Waals surface area contributed by atoms with Crippen LogP contribution in [0, 0.1) is 5.92 Å². The van der Waals surface area contributed by atoms with Gasteiger partial charge in [0.15, 0.2) is 0 Å². The number of amides is 1. The van der Waals surface area contributed by atoms with Crippen LogP contribution in [0.2, 0.25) is 0 Å². The summed E-state index contributed by atoms with van der Waals surface area (Å²) in [4.78, 5) is 12.0. The van der Waals surface area contributed by atoms with E-state index in [9.17, 15) is 9.90 Å². The van der Waals surface area contributed by atoms with Crippen LogP contribution in [-0.2, 0) is 4.79 Å². The SMILES string of the molecule is COc1ccccc1[C@@H](O)CNC(=O)[C@@H]1CCCNC1. The molecule has 1 aliphatic rings. The number of nitrogens with one attached hydrogen (secondary N) is 2. The molecule has 0 bridgehead atoms. The number of methoxy groups -OCH3 is 1. The predicted octanol–water partition coefficient (Wildman–Crippen LogP) is 0.844. The second-order valence-corrected chi connectivity index (χ2v) is 5.05. The first kappa shape index (κ1) is 14.8. The van der Waals surface area contributed by atoms with Crippen LogP contribution >= 0.6 is 0 Å². The summed E-state index contributed by atoms with van der Waals surface area (Å²) in [5.41, 5.74) is 0.692. The zero-order valence-corrected chi connectivity index (χ0v) is 11.8. The van der Waals surface area contributed by atoms with Crippen LogP contribution in [0.3, 0.4) is 0 Å². The lowest BCUT2D eigenvalue weighted by molar-refractivity contribution is -0.125. The molecule has 3 N–H and O–H groups in total. The molecule has 0 aliphatic carbocycles. The predicted molar refractivity (Wildman–Crippen MR) is 76.6 cm³/mol. The summed E-state index contributed by atoms with van der Waals surface area (Å²) in [6, 6.07) is 7.29. The summed E-state index contributed by atoms with van der Waals surface area (Å²) >= 11 is 0. The summed E-state index contributed by atoms with van der Waals surface area (Å²) in [7, 11) is 1.57. The smallest absolute Gasteiger partial charge is 0.224 e. The Bertz CT molecular complexity index is 444. The molecule has 0 unspecified atom stereocenters. The number of carbonyl (C=O) groups excluding carboxylic acids is 1. The highest BCUT2D eigenvalue weighted by molar-refractivity contribution is 5.79. The quantitative estimate of drug-likeness (QED) is 0.746. The maximum absolute atomic E-state index is 12.0. The van der Waals surface area contributed by atoms with Crippen LogP contribution in [0.25, 0.3) is 0 Å². The Balaban J connectivity index is 1.88. The Morgan fingerprint density at radius 2 is 2.35 bits per heavy atom. The van der Waals surface area contributed by atoms with E-state index in [0.717, 1.165) is 25.9 Å². The number of rotatable bonds is 5. The second-order valence-electron chi connectivity index (χ2n) is 5.05. The lowest BCUT2D eigenvalue weighted by atomic mass is 9.98. The van der Waals surface area contributed by atoms with E-state index >= 15 is 0 Å². The van der Waals surface area contributed by atoms with Crippen molar-refractivity contribution in [3.05, 3.63) is 29.8 Å². The largest absolute Gasteiger partial charge is 0.496 e. The number of benzene rings is 1. The van der Waals surface area contributed by atoms with E-state index in [4.69, 9.17) is 4.74 Å². The van der Waals surface area contributed by atoms with Crippen LogP contribution in [0.15, 0.2) is 24.3 Å². The van der Waals surface area contributed by atoms with Gasteiger partial charge in [-0.15, -0.1) is 0 Å². The Morgan fingerprint density at radius 3 is 3.05 bits per heavy atom. The molecule has 2 rings (SSSR count). The van der Waals surface area contributed by atoms with Crippen molar-refractivity contribution >= 4 is 5.91 Å². The molecule has 2 atom stereocenters. The highest BCUT2D eigenvalue weighted by atomic mass is 16.5. The fourth-order valence-corrected chi connectivity index (χ4v) is 2.47. The fraction of sp³-hybridized carbons (Fsp3) is 0.533. The number of carbonyl (C=O) groups is 1. The molecule has 110 valence electrons. The zero-order chi connectivity index (χ0) is 14.4. The first-order valence-electron chi connectivity index (χ1n) is 7.01. The fourth-order valence-electron chi connectivity index (χ4n) is 2.47. The summed E-state index contributed by atoms with van der Waals surface area (Å²) < 4.78 is 5.21. The number of ether oxygens (including phenoxy) is 1. The third kappa shape index (κ3) is 3.71. The van der Waals surface area contributed by atoms with E-state index in [1.54, 1.807) is 19.2 Å². The van der Waals surface area contributed by atoms with Crippen molar-refractivity contribution in [2.75, 3.05) is 26.7 Å². The average molecular weight is 278 g/mol. The first-order chi connectivity index (χ1) is 9.72. The Kier molecular flexibility index (Phi) is 5.38. The van der Waals surface area contributed by atoms with Gasteiger partial charge < -0.3 is 20.5 Å². The van der Waals surface area contributed by atoms with Crippen LogP contribution in [0.1, 0.15) is 24.5 Å². The number of para-hydroxylation sites is 1. The molecule has 1 heterocycles. The van der Waals surface area contributed by atoms with E-state index < -0.39 is 6.10 Å². The van der Waals surface area contributed by atoms with Crippen molar-refractivity contribution in [1.82, 2.24) is 10.6 Å². The Morgan fingerprint density at radius 1 is 1.55 bits per heavy atom. The van der Waals surface area contributed by atoms with Crippen LogP contribution in [0.4, 0.5) is 0 Å². The molecule has 0 saturated carbocycles. The van der Waals surface area contributed by atoms with Crippen molar-refractivity contribution in [3.63, 3.8) is 0 Å². The van der Waals surface area contributed by atoms with Crippen molar-refractivity contribution in [1.29, 1.82) is 0 Å². The van der Waals surface area contributed by atoms with Gasteiger partial charge in [0.05, 0.1) is 19.1 Å². The number of piperidine rings is 1. The van der Waals surface area contributed by atoms with Gasteiger partial charge in [-0.3, -0.25) is 4.79 Å². The van der Waals surface area contributed by atoms with Crippen LogP contribution in [0.5, 0.6) is 5.75 Å². The van der Waals surface area contributed by atoms with Gasteiger partial charge in [0.2, 0.25) is 5.91 Å². The summed E-state index contributed by atoms with van der Waals surface area (Å²) in [6.07, 6.45) is 1.17. The summed E-state index contributed by atoms with van der Waals surface area (Å²) in [5.74, 6) is 0.647. The van der Waals surface area contributed by atoms with Gasteiger partial charge in [-0.25, -0.2) is 0 Å². The molecular weight excluding hydrogens is 256 g/mol. The average Bonchev–Trinajstić information content (AvgIpc) is 2.53. The third-order valence-corrected chi connectivity index (χ3v) is 3.64. The van der Waals surface area contributed by atoms with E-state index in [-0.39, 0.29) is 18.4 Å². The van der Waals surface area contributed by atoms with E-state index in [2.05, 4.69) is 10.6 Å². The molecule has 1 saturated heterocycles. The molecule has 5 heteroatoms. The monoisotopic (exact) mass is 278 g/mol. The van der Waals surface area contributed by atoms with Crippen molar-refractivity contribution in [2.24, 2.45) is 5.92 Å². The molecule has 1 aromatic carbocycles. The summed E-state index contributed by atoms with van der Waals surface area (Å²) in [6.45, 7) is 1.90. The lowest BCUT2D eigenvalue weighted by Gasteiger charge is -2.23. The Labute approximate surface area is 119 Å². The lowest BCUT2D eigenvalue weighted by Crippen LogP contribution is -2.41. The van der Waals surface area contributed by atoms with Gasteiger partial charge in [0.25, 0.3) is 0 Å². The molecule has 1 aliphatic heterocycles. The van der Waals surface area contributed by atoms with Crippen molar-refractivity contribution in [2.45, 2.75) is 18.9 Å². The maximum atomic E-state index is 12.0. The molecule has 1 amide bonds. The molecule has 20 heavy (non-hydrogen) atoms. The zero-order valence-electron chi connectivity index (χ0n) is 11.8.